The summed E-state index contributed by atoms with van der Waals surface area (Å²) in [5.41, 5.74) is 1.34. The molecule has 1 aromatic rings. The van der Waals surface area contributed by atoms with Gasteiger partial charge in [0.05, 0.1) is 0 Å². The van der Waals surface area contributed by atoms with E-state index in [1.54, 1.807) is 6.08 Å². The minimum Gasteiger partial charge on any atom is -0.299 e. The van der Waals surface area contributed by atoms with Crippen LogP contribution in [-0.2, 0) is 11.5 Å². The van der Waals surface area contributed by atoms with E-state index in [2.05, 4.69) is 12.1 Å². The lowest BCUT2D eigenvalue weighted by Gasteiger charge is -1.96. The van der Waals surface area contributed by atoms with E-state index in [9.17, 15) is 5.11 Å². The van der Waals surface area contributed by atoms with Crippen molar-refractivity contribution in [3.8, 4) is 0 Å². The summed E-state index contributed by atoms with van der Waals surface area (Å²) in [6, 6.07) is 10.3. The second kappa shape index (κ2) is 5.42. The van der Waals surface area contributed by atoms with Crippen LogP contribution in [0.3, 0.4) is 0 Å². The number of aryl methyl sites for hydroxylation is 1. The van der Waals surface area contributed by atoms with Gasteiger partial charge in [-0.2, -0.15) is 0 Å². The van der Waals surface area contributed by atoms with Crippen LogP contribution in [0.1, 0.15) is 18.4 Å². The van der Waals surface area contributed by atoms with E-state index < -0.39 is 0 Å². The first-order valence-corrected chi connectivity index (χ1v) is 4.24. The van der Waals surface area contributed by atoms with Crippen molar-refractivity contribution < 1.29 is 5.11 Å². The van der Waals surface area contributed by atoms with Gasteiger partial charge in [-0.05, 0) is 30.9 Å². The molecule has 0 saturated carbocycles. The van der Waals surface area contributed by atoms with Crippen molar-refractivity contribution in [2.45, 2.75) is 19.3 Å². The molecule has 1 nitrogen and oxygen atoms in total. The van der Waals surface area contributed by atoms with E-state index in [0.29, 0.717) is 0 Å². The maximum Gasteiger partial charge on any atom is 0.138 e. The average molecular weight is 161 g/mol. The molecule has 0 aromatic heterocycles. The molecule has 0 saturated heterocycles. The van der Waals surface area contributed by atoms with Crippen molar-refractivity contribution in [1.82, 2.24) is 0 Å². The van der Waals surface area contributed by atoms with Gasteiger partial charge in [0.15, 0.2) is 0 Å². The van der Waals surface area contributed by atoms with Crippen molar-refractivity contribution in [1.29, 1.82) is 0 Å². The molecule has 0 fully saturated rings. The smallest absolute Gasteiger partial charge is 0.138 e. The van der Waals surface area contributed by atoms with Crippen LogP contribution in [0, 0.1) is 0 Å². The summed E-state index contributed by atoms with van der Waals surface area (Å²) < 4.78 is 0. The monoisotopic (exact) mass is 161 g/mol. The highest BCUT2D eigenvalue weighted by Crippen LogP contribution is 2.04. The topological polar surface area (TPSA) is 19.9 Å². The molecule has 0 amide bonds. The van der Waals surface area contributed by atoms with Crippen molar-refractivity contribution in [3.63, 3.8) is 0 Å². The minimum absolute atomic E-state index is 0.866. The van der Waals surface area contributed by atoms with Gasteiger partial charge < -0.3 is 0 Å². The number of rotatable bonds is 4. The Morgan fingerprint density at radius 2 is 1.92 bits per heavy atom. The molecule has 1 heteroatoms. The molecule has 0 atom stereocenters. The quantitative estimate of drug-likeness (QED) is 0.478. The second-order valence-corrected chi connectivity index (χ2v) is 2.75. The Morgan fingerprint density at radius 3 is 2.58 bits per heavy atom. The first kappa shape index (κ1) is 8.85. The average Bonchev–Trinajstić information content (AvgIpc) is 2.14. The van der Waals surface area contributed by atoms with Crippen LogP contribution in [0.25, 0.3) is 0 Å². The molecule has 1 rings (SSSR count). The van der Waals surface area contributed by atoms with Crippen molar-refractivity contribution in [2.75, 3.05) is 0 Å². The van der Waals surface area contributed by atoms with Gasteiger partial charge in [0.2, 0.25) is 0 Å². The van der Waals surface area contributed by atoms with Crippen LogP contribution < -0.4 is 0 Å². The number of hydrogen-bond donors (Lipinski definition) is 0. The molecule has 1 aromatic carbocycles. The van der Waals surface area contributed by atoms with Gasteiger partial charge in [-0.1, -0.05) is 30.3 Å². The molecule has 0 heterocycles. The molecule has 0 N–H and O–H groups in total. The highest BCUT2D eigenvalue weighted by molar-refractivity contribution is 5.14. The first-order valence-electron chi connectivity index (χ1n) is 4.24. The van der Waals surface area contributed by atoms with Gasteiger partial charge in [-0.3, -0.25) is 5.11 Å². The Hall–Kier alpha value is -1.24. The predicted octanol–water partition coefficient (Wildman–Crippen LogP) is 2.95. The van der Waals surface area contributed by atoms with Gasteiger partial charge in [0.1, 0.15) is 6.26 Å². The standard InChI is InChI=1S/C11H13O/c12-10-6-2-5-9-11-7-3-1-4-8-11/h1,3-4,6-8,10H,2,5,9H2/b10-6+. The van der Waals surface area contributed by atoms with E-state index in [1.165, 1.54) is 5.56 Å². The van der Waals surface area contributed by atoms with Crippen LogP contribution in [0.2, 0.25) is 0 Å². The third kappa shape index (κ3) is 3.24. The molecule has 12 heavy (non-hydrogen) atoms. The molecule has 0 spiro atoms. The van der Waals surface area contributed by atoms with Gasteiger partial charge in [0, 0.05) is 0 Å². The number of unbranched alkanes of at least 4 members (excludes halogenated alkanes) is 1. The zero-order chi connectivity index (χ0) is 8.65. The molecule has 0 aliphatic heterocycles. The Bertz CT molecular complexity index is 226. The molecule has 0 aliphatic carbocycles. The van der Waals surface area contributed by atoms with E-state index in [-0.39, 0.29) is 0 Å². The van der Waals surface area contributed by atoms with Crippen LogP contribution in [-0.4, -0.2) is 0 Å². The van der Waals surface area contributed by atoms with Gasteiger partial charge in [0.25, 0.3) is 0 Å². The van der Waals surface area contributed by atoms with Crippen molar-refractivity contribution >= 4 is 0 Å². The summed E-state index contributed by atoms with van der Waals surface area (Å²) in [6.07, 6.45) is 5.54. The number of allylic oxidation sites excluding steroid dienone is 1. The minimum atomic E-state index is 0.866. The van der Waals surface area contributed by atoms with E-state index in [0.717, 1.165) is 25.5 Å². The van der Waals surface area contributed by atoms with Crippen LogP contribution in [0.15, 0.2) is 42.7 Å². The Balaban J connectivity index is 2.24. The first-order chi connectivity index (χ1) is 5.93. The number of hydrogen-bond acceptors (Lipinski definition) is 0. The number of benzene rings is 1. The summed E-state index contributed by atoms with van der Waals surface area (Å²) in [4.78, 5) is 0. The SMILES string of the molecule is [O]/C=C/CCCc1ccccc1. The molecule has 63 valence electrons. The van der Waals surface area contributed by atoms with Crippen molar-refractivity contribution in [2.24, 2.45) is 0 Å². The lowest BCUT2D eigenvalue weighted by Crippen LogP contribution is -1.82. The summed E-state index contributed by atoms with van der Waals surface area (Å²) in [7, 11) is 0. The van der Waals surface area contributed by atoms with E-state index in [4.69, 9.17) is 0 Å². The molecular formula is C11H13O. The lowest BCUT2D eigenvalue weighted by molar-refractivity contribution is 0.349. The molecule has 0 bridgehead atoms. The van der Waals surface area contributed by atoms with Gasteiger partial charge >= 0.3 is 0 Å². The molecule has 1 radical (unpaired) electrons. The summed E-state index contributed by atoms with van der Waals surface area (Å²) in [5.74, 6) is 0. The third-order valence-corrected chi connectivity index (χ3v) is 1.78. The Morgan fingerprint density at radius 1 is 1.17 bits per heavy atom. The fraction of sp³-hybridized carbons (Fsp3) is 0.273. The maximum atomic E-state index is 9.96. The van der Waals surface area contributed by atoms with Crippen LogP contribution in [0.5, 0.6) is 0 Å². The zero-order valence-corrected chi connectivity index (χ0v) is 7.07. The van der Waals surface area contributed by atoms with E-state index in [1.807, 2.05) is 18.2 Å². The fourth-order valence-electron chi connectivity index (χ4n) is 1.14. The highest BCUT2D eigenvalue weighted by atomic mass is 16.2. The largest absolute Gasteiger partial charge is 0.299 e. The van der Waals surface area contributed by atoms with Crippen LogP contribution >= 0.6 is 0 Å². The van der Waals surface area contributed by atoms with Crippen molar-refractivity contribution in [3.05, 3.63) is 48.2 Å². The Labute approximate surface area is 73.4 Å². The lowest BCUT2D eigenvalue weighted by atomic mass is 10.1. The van der Waals surface area contributed by atoms with E-state index >= 15 is 0 Å². The molecule has 0 unspecified atom stereocenters. The predicted molar refractivity (Wildman–Crippen MR) is 49.2 cm³/mol. The third-order valence-electron chi connectivity index (χ3n) is 1.78. The summed E-state index contributed by atoms with van der Waals surface area (Å²) in [5, 5.41) is 9.96. The normalized spacial score (nSPS) is 10.7. The highest BCUT2D eigenvalue weighted by Gasteiger charge is 1.89. The summed E-state index contributed by atoms with van der Waals surface area (Å²) >= 11 is 0. The van der Waals surface area contributed by atoms with Gasteiger partial charge in [-0.15, -0.1) is 0 Å². The second-order valence-electron chi connectivity index (χ2n) is 2.75. The van der Waals surface area contributed by atoms with Gasteiger partial charge in [-0.25, -0.2) is 0 Å². The Kier molecular flexibility index (Phi) is 4.00. The fourth-order valence-corrected chi connectivity index (χ4v) is 1.14. The molecular weight excluding hydrogens is 148 g/mol. The van der Waals surface area contributed by atoms with Crippen LogP contribution in [0.4, 0.5) is 0 Å². The summed E-state index contributed by atoms with van der Waals surface area (Å²) in [6.45, 7) is 0. The zero-order valence-electron chi connectivity index (χ0n) is 7.07. The molecule has 0 aliphatic rings. The maximum absolute atomic E-state index is 9.96.